The molecule has 1 rings (SSSR count). The average molecular weight is 265 g/mol. The minimum atomic E-state index is -2.73. The first-order valence-electron chi connectivity index (χ1n) is 3.68. The fraction of sp³-hybridized carbons (Fsp3) is 0.250. The van der Waals surface area contributed by atoms with Crippen molar-refractivity contribution in [1.29, 1.82) is 0 Å². The number of aromatic nitrogens is 1. The molecule has 0 aliphatic carbocycles. The van der Waals surface area contributed by atoms with Gasteiger partial charge in [-0.3, -0.25) is 4.79 Å². The number of primary amides is 1. The van der Waals surface area contributed by atoms with E-state index in [0.717, 1.165) is 0 Å². The molecule has 0 saturated heterocycles. The normalized spacial score (nSPS) is 10.6. The van der Waals surface area contributed by atoms with Crippen LogP contribution < -0.4 is 5.73 Å². The topological polar surface area (TPSA) is 56.0 Å². The summed E-state index contributed by atoms with van der Waals surface area (Å²) in [5.41, 5.74) is 4.85. The van der Waals surface area contributed by atoms with Crippen LogP contribution >= 0.6 is 15.9 Å². The number of hydrogen-bond acceptors (Lipinski definition) is 2. The number of halogens is 3. The summed E-state index contributed by atoms with van der Waals surface area (Å²) in [6.45, 7) is 1.58. The minimum Gasteiger partial charge on any atom is -0.364 e. The van der Waals surface area contributed by atoms with E-state index in [4.69, 9.17) is 5.73 Å². The number of aryl methyl sites for hydroxylation is 1. The molecule has 0 spiro atoms. The zero-order valence-electron chi connectivity index (χ0n) is 7.22. The van der Waals surface area contributed by atoms with Crippen LogP contribution in [-0.4, -0.2) is 10.9 Å². The average Bonchev–Trinajstić information content (AvgIpc) is 2.02. The third-order valence-electron chi connectivity index (χ3n) is 1.63. The molecule has 76 valence electrons. The lowest BCUT2D eigenvalue weighted by Gasteiger charge is -2.06. The summed E-state index contributed by atoms with van der Waals surface area (Å²) in [5, 5.41) is 0. The van der Waals surface area contributed by atoms with E-state index in [0.29, 0.717) is 5.56 Å². The number of amides is 1. The second kappa shape index (κ2) is 4.00. The van der Waals surface area contributed by atoms with Crippen molar-refractivity contribution in [3.05, 3.63) is 27.5 Å². The number of rotatable bonds is 2. The summed E-state index contributed by atoms with van der Waals surface area (Å²) < 4.78 is 24.9. The number of carbonyl (C=O) groups excluding carboxylic acids is 1. The molecular weight excluding hydrogens is 258 g/mol. The maximum absolute atomic E-state index is 12.4. The second-order valence-corrected chi connectivity index (χ2v) is 3.54. The van der Waals surface area contributed by atoms with Crippen molar-refractivity contribution in [3.63, 3.8) is 0 Å². The molecule has 0 aliphatic heterocycles. The van der Waals surface area contributed by atoms with Gasteiger partial charge < -0.3 is 5.73 Å². The number of nitrogens with zero attached hydrogens (tertiary/aromatic N) is 1. The summed E-state index contributed by atoms with van der Waals surface area (Å²) in [5.74, 6) is -0.808. The van der Waals surface area contributed by atoms with Crippen molar-refractivity contribution in [2.75, 3.05) is 0 Å². The third-order valence-corrected chi connectivity index (χ3v) is 2.27. The van der Waals surface area contributed by atoms with Gasteiger partial charge in [0.05, 0.1) is 0 Å². The monoisotopic (exact) mass is 264 g/mol. The molecule has 0 radical (unpaired) electrons. The number of hydrogen-bond donors (Lipinski definition) is 1. The van der Waals surface area contributed by atoms with Gasteiger partial charge in [-0.25, -0.2) is 13.8 Å². The number of alkyl halides is 2. The summed E-state index contributed by atoms with van der Waals surface area (Å²) in [6.07, 6.45) is -2.73. The molecule has 3 nitrogen and oxygen atoms in total. The highest BCUT2D eigenvalue weighted by atomic mass is 79.9. The van der Waals surface area contributed by atoms with E-state index in [-0.39, 0.29) is 10.2 Å². The summed E-state index contributed by atoms with van der Waals surface area (Å²) in [7, 11) is 0. The molecule has 0 bridgehead atoms. The highest BCUT2D eigenvalue weighted by Gasteiger charge is 2.17. The van der Waals surface area contributed by atoms with Crippen LogP contribution in [0.15, 0.2) is 10.5 Å². The lowest BCUT2D eigenvalue weighted by molar-refractivity contribution is 0.0992. The maximum atomic E-state index is 12.4. The summed E-state index contributed by atoms with van der Waals surface area (Å²) in [6, 6.07) is 1.40. The van der Waals surface area contributed by atoms with Gasteiger partial charge in [0, 0.05) is 4.47 Å². The molecule has 0 aliphatic rings. The van der Waals surface area contributed by atoms with Gasteiger partial charge in [-0.1, -0.05) is 0 Å². The zero-order valence-corrected chi connectivity index (χ0v) is 8.81. The van der Waals surface area contributed by atoms with Crippen LogP contribution in [0.2, 0.25) is 0 Å². The predicted molar refractivity (Wildman–Crippen MR) is 50.1 cm³/mol. The third kappa shape index (κ3) is 2.06. The number of nitrogens with two attached hydrogens (primary N) is 1. The molecule has 0 atom stereocenters. The van der Waals surface area contributed by atoms with Gasteiger partial charge in [-0.2, -0.15) is 0 Å². The van der Waals surface area contributed by atoms with Crippen molar-refractivity contribution in [2.45, 2.75) is 13.3 Å². The first-order chi connectivity index (χ1) is 6.43. The SMILES string of the molecule is Cc1cc(Br)c(C(F)F)nc1C(N)=O. The predicted octanol–water partition coefficient (Wildman–Crippen LogP) is 2.19. The highest BCUT2D eigenvalue weighted by molar-refractivity contribution is 9.10. The van der Waals surface area contributed by atoms with E-state index in [9.17, 15) is 13.6 Å². The lowest BCUT2D eigenvalue weighted by Crippen LogP contribution is -2.16. The summed E-state index contributed by atoms with van der Waals surface area (Å²) in [4.78, 5) is 14.3. The van der Waals surface area contributed by atoms with Crippen LogP contribution in [0.5, 0.6) is 0 Å². The second-order valence-electron chi connectivity index (χ2n) is 2.69. The van der Waals surface area contributed by atoms with E-state index in [1.54, 1.807) is 6.92 Å². The van der Waals surface area contributed by atoms with Crippen LogP contribution in [-0.2, 0) is 0 Å². The summed E-state index contributed by atoms with van der Waals surface area (Å²) >= 11 is 2.94. The fourth-order valence-corrected chi connectivity index (χ4v) is 1.60. The van der Waals surface area contributed by atoms with E-state index in [1.807, 2.05) is 0 Å². The number of pyridine rings is 1. The van der Waals surface area contributed by atoms with Crippen molar-refractivity contribution in [3.8, 4) is 0 Å². The van der Waals surface area contributed by atoms with Gasteiger partial charge in [-0.05, 0) is 34.5 Å². The molecule has 2 N–H and O–H groups in total. The molecular formula is C8H7BrF2N2O. The first-order valence-corrected chi connectivity index (χ1v) is 4.47. The highest BCUT2D eigenvalue weighted by Crippen LogP contribution is 2.27. The standard InChI is InChI=1S/C8H7BrF2N2O/c1-3-2-4(9)6(7(10)11)13-5(3)8(12)14/h2,7H,1H3,(H2,12,14). The van der Waals surface area contributed by atoms with Crippen LogP contribution in [0.4, 0.5) is 8.78 Å². The Labute approximate surface area is 87.4 Å². The lowest BCUT2D eigenvalue weighted by atomic mass is 10.2. The Morgan fingerprint density at radius 1 is 1.64 bits per heavy atom. The van der Waals surface area contributed by atoms with E-state index >= 15 is 0 Å². The van der Waals surface area contributed by atoms with Crippen LogP contribution in [0, 0.1) is 6.92 Å². The van der Waals surface area contributed by atoms with Crippen molar-refractivity contribution >= 4 is 21.8 Å². The largest absolute Gasteiger partial charge is 0.364 e. The molecule has 1 heterocycles. The van der Waals surface area contributed by atoms with Gasteiger partial charge in [0.2, 0.25) is 0 Å². The van der Waals surface area contributed by atoms with Gasteiger partial charge >= 0.3 is 0 Å². The minimum absolute atomic E-state index is 0.122. The quantitative estimate of drug-likeness (QED) is 0.891. The van der Waals surface area contributed by atoms with E-state index in [2.05, 4.69) is 20.9 Å². The van der Waals surface area contributed by atoms with E-state index < -0.39 is 18.0 Å². The molecule has 0 unspecified atom stereocenters. The molecule has 1 aromatic rings. The zero-order chi connectivity index (χ0) is 10.9. The number of carbonyl (C=O) groups is 1. The van der Waals surface area contributed by atoms with Crippen molar-refractivity contribution in [1.82, 2.24) is 4.98 Å². The fourth-order valence-electron chi connectivity index (χ4n) is 0.997. The first kappa shape index (κ1) is 11.0. The van der Waals surface area contributed by atoms with Gasteiger partial charge in [-0.15, -0.1) is 0 Å². The molecule has 1 amide bonds. The molecule has 0 aromatic carbocycles. The Hall–Kier alpha value is -1.04. The smallest absolute Gasteiger partial charge is 0.281 e. The van der Waals surface area contributed by atoms with Crippen LogP contribution in [0.1, 0.15) is 28.2 Å². The molecule has 0 fully saturated rings. The molecule has 0 saturated carbocycles. The van der Waals surface area contributed by atoms with E-state index in [1.165, 1.54) is 6.07 Å². The Balaban J connectivity index is 3.34. The Morgan fingerprint density at radius 2 is 2.21 bits per heavy atom. The van der Waals surface area contributed by atoms with Gasteiger partial charge in [0.25, 0.3) is 12.3 Å². The van der Waals surface area contributed by atoms with Gasteiger partial charge in [0.1, 0.15) is 11.4 Å². The van der Waals surface area contributed by atoms with Crippen LogP contribution in [0.25, 0.3) is 0 Å². The Morgan fingerprint density at radius 3 is 2.64 bits per heavy atom. The van der Waals surface area contributed by atoms with Crippen molar-refractivity contribution < 1.29 is 13.6 Å². The van der Waals surface area contributed by atoms with Crippen molar-refractivity contribution in [2.24, 2.45) is 5.73 Å². The van der Waals surface area contributed by atoms with Crippen LogP contribution in [0.3, 0.4) is 0 Å². The molecule has 6 heteroatoms. The maximum Gasteiger partial charge on any atom is 0.281 e. The molecule has 14 heavy (non-hydrogen) atoms. The van der Waals surface area contributed by atoms with Gasteiger partial charge in [0.15, 0.2) is 0 Å². The Bertz CT molecular complexity index is 382. The molecule has 1 aromatic heterocycles. The Kier molecular flexibility index (Phi) is 3.15.